The monoisotopic (exact) mass is 390 g/mol. The predicted octanol–water partition coefficient (Wildman–Crippen LogP) is 3.48. The van der Waals surface area contributed by atoms with Crippen LogP contribution in [-0.2, 0) is 6.54 Å². The number of benzene rings is 1. The summed E-state index contributed by atoms with van der Waals surface area (Å²) < 4.78 is 15.2. The van der Waals surface area contributed by atoms with Crippen LogP contribution in [0.4, 0.5) is 10.2 Å². The lowest BCUT2D eigenvalue weighted by Gasteiger charge is -2.39. The molecule has 126 valence electrons. The number of aromatic nitrogens is 2. The summed E-state index contributed by atoms with van der Waals surface area (Å²) in [6.07, 6.45) is 5.01. The van der Waals surface area contributed by atoms with Crippen molar-refractivity contribution in [3.8, 4) is 0 Å². The predicted molar refractivity (Wildman–Crippen MR) is 95.3 cm³/mol. The van der Waals surface area contributed by atoms with Crippen LogP contribution in [0.2, 0.25) is 0 Å². The number of likely N-dealkylation sites (tertiary alicyclic amines) is 1. The Morgan fingerprint density at radius 3 is 2.88 bits per heavy atom. The van der Waals surface area contributed by atoms with Crippen molar-refractivity contribution in [1.82, 2.24) is 14.9 Å². The third-order valence-corrected chi connectivity index (χ3v) is 6.03. The Morgan fingerprint density at radius 2 is 2.04 bits per heavy atom. The van der Waals surface area contributed by atoms with Gasteiger partial charge in [-0.3, -0.25) is 4.90 Å². The zero-order valence-electron chi connectivity index (χ0n) is 13.4. The van der Waals surface area contributed by atoms with Crippen LogP contribution in [0.15, 0.2) is 41.3 Å². The average Bonchev–Trinajstić information content (AvgIpc) is 3.00. The molecule has 2 unspecified atom stereocenters. The van der Waals surface area contributed by atoms with Crippen LogP contribution in [0.3, 0.4) is 0 Å². The highest BCUT2D eigenvalue weighted by atomic mass is 79.9. The number of fused-ring (bicyclic) bond motifs is 1. The van der Waals surface area contributed by atoms with Gasteiger partial charge in [0, 0.05) is 30.1 Å². The minimum Gasteiger partial charge on any atom is -0.352 e. The Kier molecular flexibility index (Phi) is 4.50. The molecule has 2 aliphatic rings. The van der Waals surface area contributed by atoms with Gasteiger partial charge in [-0.25, -0.2) is 14.4 Å². The number of hydrogen-bond donors (Lipinski definition) is 0. The molecule has 4 rings (SSSR count). The van der Waals surface area contributed by atoms with Gasteiger partial charge in [0.2, 0.25) is 0 Å². The van der Waals surface area contributed by atoms with Crippen molar-refractivity contribution in [2.75, 3.05) is 24.5 Å². The maximum absolute atomic E-state index is 14.0. The molecule has 0 spiro atoms. The molecule has 0 amide bonds. The standard InChI is InChI=1S/C18H20BrFN4/c19-15-4-2-1-3-14(15)10-23-7-5-13-6-8-24(11-17(13)23)18-16(20)9-21-12-22-18/h1-4,9,12-13,17H,5-8,10-11H2. The molecule has 3 heterocycles. The molecule has 0 N–H and O–H groups in total. The first kappa shape index (κ1) is 16.0. The molecule has 6 heteroatoms. The van der Waals surface area contributed by atoms with E-state index >= 15 is 0 Å². The summed E-state index contributed by atoms with van der Waals surface area (Å²) in [4.78, 5) is 12.5. The van der Waals surface area contributed by atoms with Crippen LogP contribution >= 0.6 is 15.9 Å². The summed E-state index contributed by atoms with van der Waals surface area (Å²) in [5.41, 5.74) is 1.31. The summed E-state index contributed by atoms with van der Waals surface area (Å²) in [7, 11) is 0. The molecule has 24 heavy (non-hydrogen) atoms. The smallest absolute Gasteiger partial charge is 0.183 e. The van der Waals surface area contributed by atoms with E-state index in [-0.39, 0.29) is 5.82 Å². The van der Waals surface area contributed by atoms with Gasteiger partial charge in [0.15, 0.2) is 11.6 Å². The minimum atomic E-state index is -0.327. The van der Waals surface area contributed by atoms with E-state index in [0.29, 0.717) is 17.8 Å². The second-order valence-corrected chi connectivity index (χ2v) is 7.46. The molecule has 2 atom stereocenters. The van der Waals surface area contributed by atoms with Crippen molar-refractivity contribution in [1.29, 1.82) is 0 Å². The van der Waals surface area contributed by atoms with Crippen LogP contribution in [0.5, 0.6) is 0 Å². The highest BCUT2D eigenvalue weighted by Gasteiger charge is 2.39. The molecular formula is C18H20BrFN4. The fourth-order valence-corrected chi connectivity index (χ4v) is 4.41. The molecule has 0 aliphatic carbocycles. The maximum atomic E-state index is 14.0. The van der Waals surface area contributed by atoms with Gasteiger partial charge in [-0.1, -0.05) is 34.1 Å². The van der Waals surface area contributed by atoms with E-state index in [1.165, 1.54) is 24.5 Å². The van der Waals surface area contributed by atoms with Gasteiger partial charge in [-0.15, -0.1) is 0 Å². The lowest BCUT2D eigenvalue weighted by molar-refractivity contribution is 0.199. The third-order valence-electron chi connectivity index (χ3n) is 5.26. The molecule has 1 aromatic carbocycles. The van der Waals surface area contributed by atoms with Crippen molar-refractivity contribution < 1.29 is 4.39 Å². The molecule has 0 bridgehead atoms. The molecule has 2 saturated heterocycles. The molecule has 1 aromatic heterocycles. The molecule has 4 nitrogen and oxygen atoms in total. The zero-order valence-corrected chi connectivity index (χ0v) is 15.0. The summed E-state index contributed by atoms with van der Waals surface area (Å²) in [6, 6.07) is 8.84. The Labute approximate surface area is 149 Å². The van der Waals surface area contributed by atoms with E-state index in [2.05, 4.69) is 53.9 Å². The minimum absolute atomic E-state index is 0.327. The number of piperidine rings is 1. The van der Waals surface area contributed by atoms with E-state index in [4.69, 9.17) is 0 Å². The van der Waals surface area contributed by atoms with Crippen LogP contribution in [-0.4, -0.2) is 40.5 Å². The van der Waals surface area contributed by atoms with Crippen LogP contribution in [0, 0.1) is 11.7 Å². The van der Waals surface area contributed by atoms with Gasteiger partial charge < -0.3 is 4.90 Å². The average molecular weight is 391 g/mol. The van der Waals surface area contributed by atoms with Crippen LogP contribution in [0.25, 0.3) is 0 Å². The van der Waals surface area contributed by atoms with Crippen molar-refractivity contribution >= 4 is 21.7 Å². The molecule has 0 radical (unpaired) electrons. The molecule has 2 aliphatic heterocycles. The number of rotatable bonds is 3. The Morgan fingerprint density at radius 1 is 1.21 bits per heavy atom. The van der Waals surface area contributed by atoms with Gasteiger partial charge in [0.05, 0.1) is 6.20 Å². The first-order chi connectivity index (χ1) is 11.7. The zero-order chi connectivity index (χ0) is 16.5. The first-order valence-electron chi connectivity index (χ1n) is 8.40. The molecular weight excluding hydrogens is 371 g/mol. The maximum Gasteiger partial charge on any atom is 0.183 e. The Hall–Kier alpha value is -1.53. The van der Waals surface area contributed by atoms with Gasteiger partial charge in [0.25, 0.3) is 0 Å². The van der Waals surface area contributed by atoms with E-state index in [0.717, 1.165) is 37.1 Å². The van der Waals surface area contributed by atoms with Crippen LogP contribution in [0.1, 0.15) is 18.4 Å². The topological polar surface area (TPSA) is 32.3 Å². The van der Waals surface area contributed by atoms with Crippen molar-refractivity contribution in [2.24, 2.45) is 5.92 Å². The SMILES string of the molecule is Fc1cncnc1N1CCC2CCN(Cc3ccccc3Br)C2C1. The first-order valence-corrected chi connectivity index (χ1v) is 9.19. The Bertz CT molecular complexity index is 726. The fraction of sp³-hybridized carbons (Fsp3) is 0.444. The van der Waals surface area contributed by atoms with Crippen molar-refractivity contribution in [3.05, 3.63) is 52.6 Å². The van der Waals surface area contributed by atoms with Gasteiger partial charge in [-0.05, 0) is 36.9 Å². The molecule has 0 saturated carbocycles. The van der Waals surface area contributed by atoms with Gasteiger partial charge in [-0.2, -0.15) is 0 Å². The number of hydrogen-bond acceptors (Lipinski definition) is 4. The van der Waals surface area contributed by atoms with E-state index in [9.17, 15) is 4.39 Å². The van der Waals surface area contributed by atoms with Crippen molar-refractivity contribution in [3.63, 3.8) is 0 Å². The largest absolute Gasteiger partial charge is 0.352 e. The summed E-state index contributed by atoms with van der Waals surface area (Å²) in [6.45, 7) is 3.75. The highest BCUT2D eigenvalue weighted by molar-refractivity contribution is 9.10. The van der Waals surface area contributed by atoms with Gasteiger partial charge in [0.1, 0.15) is 6.33 Å². The Balaban J connectivity index is 1.51. The van der Waals surface area contributed by atoms with Gasteiger partial charge >= 0.3 is 0 Å². The second kappa shape index (κ2) is 6.76. The van der Waals surface area contributed by atoms with E-state index < -0.39 is 0 Å². The summed E-state index contributed by atoms with van der Waals surface area (Å²) in [5, 5.41) is 0. The van der Waals surface area contributed by atoms with Crippen LogP contribution < -0.4 is 4.90 Å². The number of nitrogens with zero attached hydrogens (tertiary/aromatic N) is 4. The van der Waals surface area contributed by atoms with Crippen molar-refractivity contribution in [2.45, 2.75) is 25.4 Å². The quantitative estimate of drug-likeness (QED) is 0.802. The fourth-order valence-electron chi connectivity index (χ4n) is 4.00. The number of halogens is 2. The highest BCUT2D eigenvalue weighted by Crippen LogP contribution is 2.35. The summed E-state index contributed by atoms with van der Waals surface area (Å²) in [5.74, 6) is 0.816. The molecule has 2 aromatic rings. The normalized spacial score (nSPS) is 24.2. The third kappa shape index (κ3) is 3.05. The second-order valence-electron chi connectivity index (χ2n) is 6.61. The lowest BCUT2D eigenvalue weighted by atomic mass is 9.92. The lowest BCUT2D eigenvalue weighted by Crippen LogP contribution is -2.48. The number of anilines is 1. The van der Waals surface area contributed by atoms with E-state index in [1.807, 2.05) is 6.07 Å². The summed E-state index contributed by atoms with van der Waals surface area (Å²) >= 11 is 3.65. The molecule has 2 fully saturated rings. The van der Waals surface area contributed by atoms with E-state index in [1.54, 1.807) is 0 Å².